The van der Waals surface area contributed by atoms with E-state index in [-0.39, 0.29) is 18.6 Å². The molecule has 9 heteroatoms. The molecular formula is C22H27N3O4S2. The van der Waals surface area contributed by atoms with Crippen molar-refractivity contribution >= 4 is 48.9 Å². The summed E-state index contributed by atoms with van der Waals surface area (Å²) in [6, 6.07) is 4.32. The number of rotatable bonds is 7. The molecule has 4 heterocycles. The number of aryl methyl sites for hydroxylation is 1. The van der Waals surface area contributed by atoms with Crippen molar-refractivity contribution in [1.82, 2.24) is 15.2 Å². The van der Waals surface area contributed by atoms with Crippen molar-refractivity contribution in [2.24, 2.45) is 5.92 Å². The Kier molecular flexibility index (Phi) is 6.38. The number of morpholine rings is 1. The van der Waals surface area contributed by atoms with Crippen molar-refractivity contribution in [2.75, 3.05) is 52.7 Å². The molecule has 2 aromatic heterocycles. The first-order chi connectivity index (χ1) is 15.2. The second-order valence-electron chi connectivity index (χ2n) is 8.05. The fourth-order valence-electron chi connectivity index (χ4n) is 4.48. The summed E-state index contributed by atoms with van der Waals surface area (Å²) in [5.41, 5.74) is 1.02. The molecule has 1 N–H and O–H groups in total. The molecule has 31 heavy (non-hydrogen) atoms. The van der Waals surface area contributed by atoms with Crippen LogP contribution >= 0.6 is 22.7 Å². The fraction of sp³-hybridized carbons (Fsp3) is 0.545. The van der Waals surface area contributed by atoms with E-state index in [1.54, 1.807) is 22.7 Å². The first kappa shape index (κ1) is 21.1. The lowest BCUT2D eigenvalue weighted by atomic mass is 9.97. The highest BCUT2D eigenvalue weighted by Crippen LogP contribution is 2.38. The number of hydrogen-bond donors (Lipinski definition) is 1. The van der Waals surface area contributed by atoms with E-state index in [0.29, 0.717) is 12.5 Å². The molecule has 166 valence electrons. The number of nitrogens with one attached hydrogen (secondary N) is 1. The maximum atomic E-state index is 12.6. The van der Waals surface area contributed by atoms with Crippen molar-refractivity contribution in [3.05, 3.63) is 22.5 Å². The molecule has 2 atom stereocenters. The molecule has 1 amide bonds. The third kappa shape index (κ3) is 4.56. The summed E-state index contributed by atoms with van der Waals surface area (Å²) in [6.45, 7) is 7.49. The number of ether oxygens (including phenoxy) is 3. The molecule has 2 saturated heterocycles. The van der Waals surface area contributed by atoms with Gasteiger partial charge in [-0.15, -0.1) is 22.7 Å². The molecule has 2 unspecified atom stereocenters. The SMILES string of the molecule is Cc1nc2c(cc(OCC(=O)NCC(C3CCOC3)N3CCOCC3)c3ccsc32)s1. The lowest BCUT2D eigenvalue weighted by molar-refractivity contribution is -0.123. The molecule has 0 spiro atoms. The monoisotopic (exact) mass is 461 g/mol. The highest BCUT2D eigenvalue weighted by molar-refractivity contribution is 7.21. The van der Waals surface area contributed by atoms with Crippen LogP contribution in [-0.4, -0.2) is 74.5 Å². The van der Waals surface area contributed by atoms with Gasteiger partial charge in [-0.2, -0.15) is 0 Å². The summed E-state index contributed by atoms with van der Waals surface area (Å²) in [7, 11) is 0. The minimum atomic E-state index is -0.0962. The van der Waals surface area contributed by atoms with E-state index >= 15 is 0 Å². The average Bonchev–Trinajstić information content (AvgIpc) is 3.53. The van der Waals surface area contributed by atoms with Crippen LogP contribution in [0.5, 0.6) is 5.75 Å². The number of hydrogen-bond acceptors (Lipinski definition) is 8. The summed E-state index contributed by atoms with van der Waals surface area (Å²) in [5.74, 6) is 1.10. The maximum Gasteiger partial charge on any atom is 0.257 e. The van der Waals surface area contributed by atoms with Gasteiger partial charge in [-0.25, -0.2) is 4.98 Å². The topological polar surface area (TPSA) is 72.9 Å². The van der Waals surface area contributed by atoms with Gasteiger partial charge in [0.15, 0.2) is 6.61 Å². The summed E-state index contributed by atoms with van der Waals surface area (Å²) >= 11 is 3.31. The number of thiophene rings is 1. The summed E-state index contributed by atoms with van der Waals surface area (Å²) in [4.78, 5) is 19.7. The molecular weight excluding hydrogens is 434 g/mol. The maximum absolute atomic E-state index is 12.6. The second-order valence-corrected chi connectivity index (χ2v) is 10.2. The van der Waals surface area contributed by atoms with Crippen LogP contribution in [0, 0.1) is 12.8 Å². The predicted octanol–water partition coefficient (Wildman–Crippen LogP) is 3.05. The minimum absolute atomic E-state index is 0.00520. The van der Waals surface area contributed by atoms with E-state index in [1.165, 1.54) is 0 Å². The van der Waals surface area contributed by atoms with Crippen LogP contribution in [-0.2, 0) is 14.3 Å². The third-order valence-electron chi connectivity index (χ3n) is 6.06. The van der Waals surface area contributed by atoms with Crippen LogP contribution in [0.25, 0.3) is 20.3 Å². The highest BCUT2D eigenvalue weighted by Gasteiger charge is 2.31. The summed E-state index contributed by atoms with van der Waals surface area (Å²) in [5, 5.41) is 7.20. The lowest BCUT2D eigenvalue weighted by Crippen LogP contribution is -2.52. The zero-order chi connectivity index (χ0) is 21.2. The van der Waals surface area contributed by atoms with Crippen LogP contribution in [0.4, 0.5) is 0 Å². The molecule has 0 aliphatic carbocycles. The normalized spacial score (nSPS) is 21.0. The number of thiazole rings is 1. The smallest absolute Gasteiger partial charge is 0.257 e. The number of aromatic nitrogens is 1. The Labute approximate surface area is 189 Å². The number of benzene rings is 1. The van der Waals surface area contributed by atoms with Crippen LogP contribution in [0.3, 0.4) is 0 Å². The van der Waals surface area contributed by atoms with Crippen LogP contribution in [0.15, 0.2) is 17.5 Å². The molecule has 5 rings (SSSR count). The Balaban J connectivity index is 1.23. The van der Waals surface area contributed by atoms with Gasteiger partial charge in [0, 0.05) is 49.7 Å². The molecule has 0 saturated carbocycles. The molecule has 0 bridgehead atoms. The zero-order valence-electron chi connectivity index (χ0n) is 17.6. The van der Waals surface area contributed by atoms with Gasteiger partial charge in [0.05, 0.1) is 39.7 Å². The van der Waals surface area contributed by atoms with Gasteiger partial charge in [-0.05, 0) is 24.8 Å². The number of carbonyl (C=O) groups is 1. The van der Waals surface area contributed by atoms with Crippen molar-refractivity contribution in [2.45, 2.75) is 19.4 Å². The van der Waals surface area contributed by atoms with E-state index < -0.39 is 0 Å². The van der Waals surface area contributed by atoms with Crippen LogP contribution in [0.2, 0.25) is 0 Å². The lowest BCUT2D eigenvalue weighted by Gasteiger charge is -2.37. The minimum Gasteiger partial charge on any atom is -0.483 e. The van der Waals surface area contributed by atoms with Crippen molar-refractivity contribution in [1.29, 1.82) is 0 Å². The van der Waals surface area contributed by atoms with Crippen molar-refractivity contribution in [3.8, 4) is 5.75 Å². The van der Waals surface area contributed by atoms with Gasteiger partial charge in [-0.3, -0.25) is 9.69 Å². The van der Waals surface area contributed by atoms with Gasteiger partial charge in [0.2, 0.25) is 0 Å². The highest BCUT2D eigenvalue weighted by atomic mass is 32.1. The molecule has 2 aliphatic heterocycles. The Morgan fingerprint density at radius 3 is 3.03 bits per heavy atom. The molecule has 3 aromatic rings. The summed E-state index contributed by atoms with van der Waals surface area (Å²) < 4.78 is 19.3. The third-order valence-corrected chi connectivity index (χ3v) is 7.90. The zero-order valence-corrected chi connectivity index (χ0v) is 19.2. The quantitative estimate of drug-likeness (QED) is 0.583. The predicted molar refractivity (Wildman–Crippen MR) is 123 cm³/mol. The number of carbonyl (C=O) groups excluding carboxylic acids is 1. The Morgan fingerprint density at radius 1 is 1.35 bits per heavy atom. The van der Waals surface area contributed by atoms with Gasteiger partial charge < -0.3 is 19.5 Å². The molecule has 1 aromatic carbocycles. The Bertz CT molecular complexity index is 1050. The van der Waals surface area contributed by atoms with Crippen LogP contribution in [0.1, 0.15) is 11.4 Å². The van der Waals surface area contributed by atoms with Crippen LogP contribution < -0.4 is 10.1 Å². The number of fused-ring (bicyclic) bond motifs is 3. The molecule has 2 aliphatic rings. The molecule has 2 fully saturated rings. The molecule has 7 nitrogen and oxygen atoms in total. The summed E-state index contributed by atoms with van der Waals surface area (Å²) in [6.07, 6.45) is 1.04. The fourth-order valence-corrected chi connectivity index (χ4v) is 6.31. The standard InChI is InChI=1S/C22H27N3O4S2/c1-14-24-21-19(31-14)10-18(16-3-9-30-22(16)21)29-13-20(26)23-11-17(15-2-6-28-12-15)25-4-7-27-8-5-25/h3,9-10,15,17H,2,4-8,11-13H2,1H3,(H,23,26). The molecule has 0 radical (unpaired) electrons. The van der Waals surface area contributed by atoms with Crippen molar-refractivity contribution < 1.29 is 19.0 Å². The van der Waals surface area contributed by atoms with E-state index in [2.05, 4.69) is 15.2 Å². The number of amides is 1. The van der Waals surface area contributed by atoms with Crippen molar-refractivity contribution in [3.63, 3.8) is 0 Å². The first-order valence-corrected chi connectivity index (χ1v) is 12.4. The Hall–Kier alpha value is -1.78. The Morgan fingerprint density at radius 2 is 2.23 bits per heavy atom. The van der Waals surface area contributed by atoms with E-state index in [9.17, 15) is 4.79 Å². The van der Waals surface area contributed by atoms with E-state index in [4.69, 9.17) is 14.2 Å². The van der Waals surface area contributed by atoms with Gasteiger partial charge >= 0.3 is 0 Å². The van der Waals surface area contributed by atoms with Gasteiger partial charge in [-0.1, -0.05) is 0 Å². The van der Waals surface area contributed by atoms with E-state index in [1.807, 2.05) is 24.4 Å². The second kappa shape index (κ2) is 9.38. The largest absolute Gasteiger partial charge is 0.483 e. The first-order valence-electron chi connectivity index (χ1n) is 10.8. The number of nitrogens with zero attached hydrogens (tertiary/aromatic N) is 2. The van der Waals surface area contributed by atoms with Gasteiger partial charge in [0.25, 0.3) is 5.91 Å². The van der Waals surface area contributed by atoms with E-state index in [0.717, 1.165) is 77.0 Å². The van der Waals surface area contributed by atoms with Gasteiger partial charge in [0.1, 0.15) is 5.75 Å². The average molecular weight is 462 g/mol.